The zero-order valence-corrected chi connectivity index (χ0v) is 11.0. The number of nitrogens with zero attached hydrogens (tertiary/aromatic N) is 1. The Labute approximate surface area is 92.6 Å². The van der Waals surface area contributed by atoms with Crippen molar-refractivity contribution in [3.63, 3.8) is 0 Å². The first-order chi connectivity index (χ1) is 6.82. The van der Waals surface area contributed by atoms with Gasteiger partial charge < -0.3 is 4.57 Å². The standard InChI is InChI=1S/C12H19NOSi/c1-10(15(3,4)5)9-12(14)11-7-6-8-13(11)2/h6-8H,1,9H2,2-5H3. The first-order valence-corrected chi connectivity index (χ1v) is 8.65. The number of aromatic nitrogens is 1. The molecule has 0 spiro atoms. The Bertz CT molecular complexity index is 385. The first-order valence-electron chi connectivity index (χ1n) is 5.15. The summed E-state index contributed by atoms with van der Waals surface area (Å²) in [5, 5.41) is 1.12. The van der Waals surface area contributed by atoms with Gasteiger partial charge >= 0.3 is 0 Å². The van der Waals surface area contributed by atoms with Crippen molar-refractivity contribution in [2.75, 3.05) is 0 Å². The van der Waals surface area contributed by atoms with Crippen LogP contribution in [-0.4, -0.2) is 18.4 Å². The van der Waals surface area contributed by atoms with Gasteiger partial charge in [-0.05, 0) is 12.1 Å². The van der Waals surface area contributed by atoms with Gasteiger partial charge in [-0.15, -0.1) is 6.58 Å². The van der Waals surface area contributed by atoms with Crippen LogP contribution in [0.2, 0.25) is 19.6 Å². The summed E-state index contributed by atoms with van der Waals surface area (Å²) < 4.78 is 1.86. The first kappa shape index (κ1) is 12.0. The van der Waals surface area contributed by atoms with Gasteiger partial charge in [0.15, 0.2) is 5.78 Å². The summed E-state index contributed by atoms with van der Waals surface area (Å²) >= 11 is 0. The molecule has 82 valence electrons. The van der Waals surface area contributed by atoms with E-state index in [0.29, 0.717) is 6.42 Å². The average molecular weight is 221 g/mol. The number of aryl methyl sites for hydroxylation is 1. The molecule has 1 heterocycles. The third-order valence-corrected chi connectivity index (χ3v) is 4.96. The van der Waals surface area contributed by atoms with E-state index >= 15 is 0 Å². The predicted molar refractivity (Wildman–Crippen MR) is 66.8 cm³/mol. The molecule has 0 bridgehead atoms. The summed E-state index contributed by atoms with van der Waals surface area (Å²) in [6, 6.07) is 3.75. The highest BCUT2D eigenvalue weighted by molar-refractivity contribution is 6.83. The molecule has 0 aliphatic heterocycles. The minimum Gasteiger partial charge on any atom is -0.348 e. The topological polar surface area (TPSA) is 22.0 Å². The van der Waals surface area contributed by atoms with Crippen molar-refractivity contribution in [2.24, 2.45) is 7.05 Å². The van der Waals surface area contributed by atoms with E-state index in [-0.39, 0.29) is 5.78 Å². The highest BCUT2D eigenvalue weighted by Crippen LogP contribution is 2.18. The SMILES string of the molecule is C=C(CC(=O)c1cccn1C)[Si](C)(C)C. The molecule has 2 nitrogen and oxygen atoms in total. The fourth-order valence-corrected chi connectivity index (χ4v) is 1.99. The van der Waals surface area contributed by atoms with Gasteiger partial charge in [0.25, 0.3) is 0 Å². The quantitative estimate of drug-likeness (QED) is 0.566. The minimum atomic E-state index is -1.38. The fourth-order valence-electron chi connectivity index (χ4n) is 1.30. The lowest BCUT2D eigenvalue weighted by molar-refractivity contribution is 0.0986. The van der Waals surface area contributed by atoms with Gasteiger partial charge in [0.05, 0.1) is 13.8 Å². The lowest BCUT2D eigenvalue weighted by Crippen LogP contribution is -2.25. The van der Waals surface area contributed by atoms with Crippen LogP contribution in [-0.2, 0) is 7.05 Å². The number of hydrogen-bond acceptors (Lipinski definition) is 1. The Morgan fingerprint density at radius 3 is 2.47 bits per heavy atom. The molecular formula is C12H19NOSi. The molecule has 0 atom stereocenters. The summed E-state index contributed by atoms with van der Waals surface area (Å²) in [4.78, 5) is 11.9. The van der Waals surface area contributed by atoms with Crippen LogP contribution in [0, 0.1) is 0 Å². The molecule has 0 unspecified atom stereocenters. The van der Waals surface area contributed by atoms with Crippen molar-refractivity contribution in [3.8, 4) is 0 Å². The highest BCUT2D eigenvalue weighted by Gasteiger charge is 2.21. The summed E-state index contributed by atoms with van der Waals surface area (Å²) in [6.45, 7) is 10.7. The summed E-state index contributed by atoms with van der Waals surface area (Å²) in [6.07, 6.45) is 2.39. The van der Waals surface area contributed by atoms with Crippen LogP contribution in [0.4, 0.5) is 0 Å². The zero-order valence-electron chi connectivity index (χ0n) is 10.0. The van der Waals surface area contributed by atoms with Crippen molar-refractivity contribution >= 4 is 13.9 Å². The van der Waals surface area contributed by atoms with E-state index in [1.807, 2.05) is 29.9 Å². The number of rotatable bonds is 4. The number of allylic oxidation sites excluding steroid dienone is 1. The van der Waals surface area contributed by atoms with E-state index in [9.17, 15) is 4.79 Å². The van der Waals surface area contributed by atoms with E-state index < -0.39 is 8.07 Å². The average Bonchev–Trinajstić information content (AvgIpc) is 2.49. The number of hydrogen-bond donors (Lipinski definition) is 0. The third-order valence-electron chi connectivity index (χ3n) is 2.66. The van der Waals surface area contributed by atoms with E-state index in [0.717, 1.165) is 10.9 Å². The van der Waals surface area contributed by atoms with Crippen molar-refractivity contribution in [3.05, 3.63) is 35.8 Å². The summed E-state index contributed by atoms with van der Waals surface area (Å²) in [5.74, 6) is 0.176. The maximum absolute atomic E-state index is 11.9. The smallest absolute Gasteiger partial charge is 0.182 e. The molecule has 0 amide bonds. The molecule has 15 heavy (non-hydrogen) atoms. The molecule has 0 aliphatic carbocycles. The molecule has 3 heteroatoms. The summed E-state index contributed by atoms with van der Waals surface area (Å²) in [5.41, 5.74) is 0.773. The molecule has 0 N–H and O–H groups in total. The molecule has 0 aromatic carbocycles. The zero-order chi connectivity index (χ0) is 11.6. The number of Topliss-reactive ketones (excluding diaryl/α,β-unsaturated/α-hetero) is 1. The van der Waals surface area contributed by atoms with Crippen LogP contribution in [0.15, 0.2) is 30.1 Å². The molecule has 0 radical (unpaired) electrons. The monoisotopic (exact) mass is 221 g/mol. The molecule has 0 aliphatic rings. The Balaban J connectivity index is 2.74. The summed E-state index contributed by atoms with van der Waals surface area (Å²) in [7, 11) is 0.516. The van der Waals surface area contributed by atoms with Crippen molar-refractivity contribution in [1.29, 1.82) is 0 Å². The van der Waals surface area contributed by atoms with E-state index in [1.54, 1.807) is 0 Å². The maximum Gasteiger partial charge on any atom is 0.182 e. The van der Waals surface area contributed by atoms with Crippen LogP contribution >= 0.6 is 0 Å². The Hall–Kier alpha value is -1.09. The Kier molecular flexibility index (Phi) is 3.34. The molecule has 1 rings (SSSR count). The number of carbonyl (C=O) groups excluding carboxylic acids is 1. The highest BCUT2D eigenvalue weighted by atomic mass is 28.3. The number of carbonyl (C=O) groups is 1. The fraction of sp³-hybridized carbons (Fsp3) is 0.417. The van der Waals surface area contributed by atoms with Crippen LogP contribution < -0.4 is 0 Å². The second-order valence-corrected chi connectivity index (χ2v) is 10.2. The van der Waals surface area contributed by atoms with Gasteiger partial charge in [-0.25, -0.2) is 0 Å². The predicted octanol–water partition coefficient (Wildman–Crippen LogP) is 3.03. The van der Waals surface area contributed by atoms with Gasteiger partial charge in [0.2, 0.25) is 0 Å². The van der Waals surface area contributed by atoms with E-state index in [4.69, 9.17) is 0 Å². The van der Waals surface area contributed by atoms with Gasteiger partial charge in [0, 0.05) is 19.7 Å². The van der Waals surface area contributed by atoms with Gasteiger partial charge in [-0.2, -0.15) is 0 Å². The second kappa shape index (κ2) is 4.19. The van der Waals surface area contributed by atoms with Crippen molar-refractivity contribution in [2.45, 2.75) is 26.1 Å². The second-order valence-electron chi connectivity index (χ2n) is 4.96. The van der Waals surface area contributed by atoms with Gasteiger partial charge in [-0.1, -0.05) is 24.8 Å². The van der Waals surface area contributed by atoms with Crippen LogP contribution in [0.5, 0.6) is 0 Å². The lowest BCUT2D eigenvalue weighted by Gasteiger charge is -2.18. The molecule has 0 saturated heterocycles. The molecule has 0 saturated carbocycles. The van der Waals surface area contributed by atoms with Gasteiger partial charge in [-0.3, -0.25) is 4.79 Å². The van der Waals surface area contributed by atoms with Crippen LogP contribution in [0.25, 0.3) is 0 Å². The molecular weight excluding hydrogens is 202 g/mol. The van der Waals surface area contributed by atoms with Gasteiger partial charge in [0.1, 0.15) is 0 Å². The minimum absolute atomic E-state index is 0.176. The lowest BCUT2D eigenvalue weighted by atomic mass is 10.2. The normalized spacial score (nSPS) is 11.5. The van der Waals surface area contributed by atoms with E-state index in [2.05, 4.69) is 26.2 Å². The van der Waals surface area contributed by atoms with E-state index in [1.165, 1.54) is 0 Å². The largest absolute Gasteiger partial charge is 0.348 e. The van der Waals surface area contributed by atoms with Crippen LogP contribution in [0.3, 0.4) is 0 Å². The Morgan fingerprint density at radius 2 is 2.07 bits per heavy atom. The Morgan fingerprint density at radius 1 is 1.47 bits per heavy atom. The third kappa shape index (κ3) is 2.93. The molecule has 0 fully saturated rings. The molecule has 1 aromatic rings. The molecule has 1 aromatic heterocycles. The van der Waals surface area contributed by atoms with Crippen LogP contribution in [0.1, 0.15) is 16.9 Å². The maximum atomic E-state index is 11.9. The van der Waals surface area contributed by atoms with Crippen molar-refractivity contribution < 1.29 is 4.79 Å². The number of ketones is 1. The van der Waals surface area contributed by atoms with Crippen molar-refractivity contribution in [1.82, 2.24) is 4.57 Å².